The lowest BCUT2D eigenvalue weighted by molar-refractivity contribution is 0.363. The van der Waals surface area contributed by atoms with E-state index in [0.717, 1.165) is 12.8 Å². The average molecular weight is 169 g/mol. The molecule has 1 aromatic rings. The minimum absolute atomic E-state index is 0.352. The smallest absolute Gasteiger partial charge is 0.226 e. The second-order valence-electron chi connectivity index (χ2n) is 3.24. The van der Waals surface area contributed by atoms with E-state index in [1.54, 1.807) is 0 Å². The standard InChI is InChI=1S/C8H15N3O/c1-6(2)3-4-8-10-7(5-9)11-12-8/h6H,3-5,9H2,1-2H3. The van der Waals surface area contributed by atoms with Gasteiger partial charge >= 0.3 is 0 Å². The third-order valence-electron chi connectivity index (χ3n) is 1.63. The Morgan fingerprint density at radius 1 is 1.50 bits per heavy atom. The first-order valence-corrected chi connectivity index (χ1v) is 4.24. The molecule has 68 valence electrons. The van der Waals surface area contributed by atoms with Crippen LogP contribution in [0.25, 0.3) is 0 Å². The lowest BCUT2D eigenvalue weighted by Crippen LogP contribution is -1.98. The van der Waals surface area contributed by atoms with Gasteiger partial charge in [0.25, 0.3) is 0 Å². The van der Waals surface area contributed by atoms with Crippen LogP contribution in [0, 0.1) is 5.92 Å². The Morgan fingerprint density at radius 2 is 2.25 bits per heavy atom. The molecular weight excluding hydrogens is 154 g/mol. The molecule has 0 aromatic carbocycles. The molecule has 0 aliphatic heterocycles. The molecular formula is C8H15N3O. The zero-order valence-corrected chi connectivity index (χ0v) is 7.58. The van der Waals surface area contributed by atoms with Crippen LogP contribution in [0.5, 0.6) is 0 Å². The minimum Gasteiger partial charge on any atom is -0.339 e. The van der Waals surface area contributed by atoms with Gasteiger partial charge in [-0.3, -0.25) is 0 Å². The molecule has 4 heteroatoms. The number of hydrogen-bond donors (Lipinski definition) is 1. The quantitative estimate of drug-likeness (QED) is 0.733. The van der Waals surface area contributed by atoms with Crippen LogP contribution in [0.1, 0.15) is 32.0 Å². The number of rotatable bonds is 4. The highest BCUT2D eigenvalue weighted by atomic mass is 16.5. The molecule has 1 rings (SSSR count). The predicted octanol–water partition coefficient (Wildman–Crippen LogP) is 1.12. The zero-order chi connectivity index (χ0) is 8.97. The normalized spacial score (nSPS) is 11.0. The Hall–Kier alpha value is -0.900. The Morgan fingerprint density at radius 3 is 2.75 bits per heavy atom. The molecule has 0 spiro atoms. The molecule has 0 bridgehead atoms. The lowest BCUT2D eigenvalue weighted by atomic mass is 10.1. The number of hydrogen-bond acceptors (Lipinski definition) is 4. The summed E-state index contributed by atoms with van der Waals surface area (Å²) in [5.41, 5.74) is 5.33. The Balaban J connectivity index is 2.41. The summed E-state index contributed by atoms with van der Waals surface area (Å²) in [6.45, 7) is 4.69. The maximum atomic E-state index is 5.33. The SMILES string of the molecule is CC(C)CCc1nc(CN)no1. The molecule has 0 fully saturated rings. The van der Waals surface area contributed by atoms with Crippen LogP contribution < -0.4 is 5.73 Å². The number of nitrogens with two attached hydrogens (primary N) is 1. The fraction of sp³-hybridized carbons (Fsp3) is 0.750. The topological polar surface area (TPSA) is 64.9 Å². The van der Waals surface area contributed by atoms with Crippen LogP contribution >= 0.6 is 0 Å². The molecule has 0 unspecified atom stereocenters. The molecule has 0 radical (unpaired) electrons. The van der Waals surface area contributed by atoms with Crippen molar-refractivity contribution < 1.29 is 4.52 Å². The van der Waals surface area contributed by atoms with Crippen molar-refractivity contribution in [2.45, 2.75) is 33.2 Å². The molecule has 0 saturated heterocycles. The fourth-order valence-corrected chi connectivity index (χ4v) is 0.887. The number of aryl methyl sites for hydroxylation is 1. The van der Waals surface area contributed by atoms with Crippen LogP contribution in [-0.4, -0.2) is 10.1 Å². The van der Waals surface area contributed by atoms with Gasteiger partial charge in [0, 0.05) is 6.42 Å². The van der Waals surface area contributed by atoms with Crippen molar-refractivity contribution in [2.24, 2.45) is 11.7 Å². The molecule has 0 aliphatic carbocycles. The second-order valence-corrected chi connectivity index (χ2v) is 3.24. The van der Waals surface area contributed by atoms with Crippen LogP contribution in [0.3, 0.4) is 0 Å². The van der Waals surface area contributed by atoms with Crippen LogP contribution in [0.2, 0.25) is 0 Å². The van der Waals surface area contributed by atoms with Gasteiger partial charge in [0.1, 0.15) is 0 Å². The Bertz CT molecular complexity index is 232. The van der Waals surface area contributed by atoms with Gasteiger partial charge in [-0.15, -0.1) is 0 Å². The Labute approximate surface area is 72.1 Å². The summed E-state index contributed by atoms with van der Waals surface area (Å²) >= 11 is 0. The summed E-state index contributed by atoms with van der Waals surface area (Å²) < 4.78 is 4.96. The second kappa shape index (κ2) is 4.21. The van der Waals surface area contributed by atoms with E-state index in [9.17, 15) is 0 Å². The predicted molar refractivity (Wildman–Crippen MR) is 45.3 cm³/mol. The van der Waals surface area contributed by atoms with E-state index < -0.39 is 0 Å². The number of aromatic nitrogens is 2. The van der Waals surface area contributed by atoms with Gasteiger partial charge in [-0.05, 0) is 12.3 Å². The summed E-state index contributed by atoms with van der Waals surface area (Å²) in [5, 5.41) is 3.70. The summed E-state index contributed by atoms with van der Waals surface area (Å²) in [6.07, 6.45) is 1.93. The van der Waals surface area contributed by atoms with Crippen molar-refractivity contribution in [1.29, 1.82) is 0 Å². The van der Waals surface area contributed by atoms with Crippen LogP contribution in [0.4, 0.5) is 0 Å². The van der Waals surface area contributed by atoms with Gasteiger partial charge < -0.3 is 10.3 Å². The minimum atomic E-state index is 0.352. The van der Waals surface area contributed by atoms with Gasteiger partial charge in [-0.2, -0.15) is 4.98 Å². The summed E-state index contributed by atoms with van der Waals surface area (Å²) in [6, 6.07) is 0. The van der Waals surface area contributed by atoms with Gasteiger partial charge in [-0.25, -0.2) is 0 Å². The molecule has 0 atom stereocenters. The van der Waals surface area contributed by atoms with E-state index in [1.165, 1.54) is 0 Å². The summed E-state index contributed by atoms with van der Waals surface area (Å²) in [4.78, 5) is 4.10. The highest BCUT2D eigenvalue weighted by molar-refractivity contribution is 4.85. The molecule has 2 N–H and O–H groups in total. The van der Waals surface area contributed by atoms with Crippen molar-refractivity contribution in [3.8, 4) is 0 Å². The summed E-state index contributed by atoms with van der Waals surface area (Å²) in [5.74, 6) is 1.95. The van der Waals surface area contributed by atoms with E-state index >= 15 is 0 Å². The van der Waals surface area contributed by atoms with E-state index in [1.807, 2.05) is 0 Å². The molecule has 0 saturated carbocycles. The van der Waals surface area contributed by atoms with Gasteiger partial charge in [-0.1, -0.05) is 19.0 Å². The molecule has 12 heavy (non-hydrogen) atoms. The van der Waals surface area contributed by atoms with Crippen molar-refractivity contribution in [2.75, 3.05) is 0 Å². The highest BCUT2D eigenvalue weighted by Crippen LogP contribution is 2.06. The van der Waals surface area contributed by atoms with E-state index in [-0.39, 0.29) is 0 Å². The van der Waals surface area contributed by atoms with Gasteiger partial charge in [0.05, 0.1) is 6.54 Å². The van der Waals surface area contributed by atoms with Crippen LogP contribution in [0.15, 0.2) is 4.52 Å². The van der Waals surface area contributed by atoms with Crippen LogP contribution in [-0.2, 0) is 13.0 Å². The average Bonchev–Trinajstić information content (AvgIpc) is 2.48. The highest BCUT2D eigenvalue weighted by Gasteiger charge is 2.04. The molecule has 4 nitrogen and oxygen atoms in total. The molecule has 1 heterocycles. The molecule has 1 aromatic heterocycles. The van der Waals surface area contributed by atoms with Crippen molar-refractivity contribution in [3.05, 3.63) is 11.7 Å². The molecule has 0 amide bonds. The van der Waals surface area contributed by atoms with E-state index in [0.29, 0.717) is 24.2 Å². The fourth-order valence-electron chi connectivity index (χ4n) is 0.887. The van der Waals surface area contributed by atoms with E-state index in [4.69, 9.17) is 10.3 Å². The number of nitrogens with zero attached hydrogens (tertiary/aromatic N) is 2. The van der Waals surface area contributed by atoms with Crippen molar-refractivity contribution in [3.63, 3.8) is 0 Å². The lowest BCUT2D eigenvalue weighted by Gasteiger charge is -1.98. The van der Waals surface area contributed by atoms with Gasteiger partial charge in [0.2, 0.25) is 5.89 Å². The first-order chi connectivity index (χ1) is 5.72. The molecule has 0 aliphatic rings. The third kappa shape index (κ3) is 2.62. The third-order valence-corrected chi connectivity index (χ3v) is 1.63. The maximum Gasteiger partial charge on any atom is 0.226 e. The first-order valence-electron chi connectivity index (χ1n) is 4.24. The monoisotopic (exact) mass is 169 g/mol. The van der Waals surface area contributed by atoms with Crippen molar-refractivity contribution in [1.82, 2.24) is 10.1 Å². The van der Waals surface area contributed by atoms with Gasteiger partial charge in [0.15, 0.2) is 5.82 Å². The van der Waals surface area contributed by atoms with E-state index in [2.05, 4.69) is 24.0 Å². The first kappa shape index (κ1) is 9.19. The maximum absolute atomic E-state index is 5.33. The zero-order valence-electron chi connectivity index (χ0n) is 7.58. The largest absolute Gasteiger partial charge is 0.339 e. The van der Waals surface area contributed by atoms with Crippen molar-refractivity contribution >= 4 is 0 Å². The Kier molecular flexibility index (Phi) is 3.22. The summed E-state index contributed by atoms with van der Waals surface area (Å²) in [7, 11) is 0.